The Bertz CT molecular complexity index is 906. The molecule has 1 saturated heterocycles. The van der Waals surface area contributed by atoms with Gasteiger partial charge < -0.3 is 14.8 Å². The molecule has 2 aromatic rings. The number of rotatable bonds is 1. The Morgan fingerprint density at radius 2 is 1.97 bits per heavy atom. The minimum absolute atomic E-state index is 0.0521. The van der Waals surface area contributed by atoms with Gasteiger partial charge in [0, 0.05) is 36.8 Å². The lowest BCUT2D eigenvalue weighted by Crippen LogP contribution is -2.43. The molecule has 2 aliphatic heterocycles. The molecule has 160 valence electrons. The van der Waals surface area contributed by atoms with Crippen molar-refractivity contribution in [1.29, 1.82) is 0 Å². The lowest BCUT2D eigenvalue weighted by atomic mass is 9.96. The number of ether oxygens (including phenoxy) is 2. The van der Waals surface area contributed by atoms with Gasteiger partial charge in [0.2, 0.25) is 5.91 Å². The molecule has 0 spiro atoms. The average molecular weight is 416 g/mol. The van der Waals surface area contributed by atoms with Gasteiger partial charge in [-0.15, -0.1) is 0 Å². The Kier molecular flexibility index (Phi) is 6.59. The van der Waals surface area contributed by atoms with Crippen molar-refractivity contribution in [3.63, 3.8) is 0 Å². The van der Waals surface area contributed by atoms with Crippen LogP contribution in [-0.2, 0) is 16.1 Å². The predicted molar refractivity (Wildman–Crippen MR) is 109 cm³/mol. The highest BCUT2D eigenvalue weighted by atomic mass is 19.1. The maximum Gasteiger partial charge on any atom is 0.224 e. The first-order chi connectivity index (χ1) is 14.6. The van der Waals surface area contributed by atoms with E-state index in [0.717, 1.165) is 31.0 Å². The van der Waals surface area contributed by atoms with E-state index in [2.05, 4.69) is 10.2 Å². The van der Waals surface area contributed by atoms with Crippen LogP contribution in [0.3, 0.4) is 0 Å². The number of nitrogens with one attached hydrogen (secondary N) is 1. The fraction of sp³-hybridized carbons (Fsp3) is 0.435. The maximum absolute atomic E-state index is 14.3. The van der Waals surface area contributed by atoms with E-state index < -0.39 is 11.6 Å². The van der Waals surface area contributed by atoms with Gasteiger partial charge in [0.15, 0.2) is 0 Å². The third-order valence-corrected chi connectivity index (χ3v) is 5.60. The molecule has 2 bridgehead atoms. The van der Waals surface area contributed by atoms with E-state index in [1.165, 1.54) is 12.1 Å². The summed E-state index contributed by atoms with van der Waals surface area (Å²) in [5.74, 6) is -0.466. The number of piperidine rings is 1. The van der Waals surface area contributed by atoms with E-state index in [1.54, 1.807) is 6.07 Å². The van der Waals surface area contributed by atoms with Gasteiger partial charge in [-0.3, -0.25) is 9.69 Å². The number of hydrogen-bond acceptors (Lipinski definition) is 4. The Balaban J connectivity index is 1.63. The predicted octanol–water partition coefficient (Wildman–Crippen LogP) is 3.37. The quantitative estimate of drug-likeness (QED) is 0.775. The van der Waals surface area contributed by atoms with Gasteiger partial charge in [-0.1, -0.05) is 6.07 Å². The largest absolute Gasteiger partial charge is 0.491 e. The summed E-state index contributed by atoms with van der Waals surface area (Å²) in [6, 6.07) is 9.10. The third-order valence-electron chi connectivity index (χ3n) is 5.60. The zero-order valence-corrected chi connectivity index (χ0v) is 16.8. The van der Waals surface area contributed by atoms with Gasteiger partial charge in [0.05, 0.1) is 19.1 Å². The zero-order valence-electron chi connectivity index (χ0n) is 16.8. The second kappa shape index (κ2) is 9.53. The van der Waals surface area contributed by atoms with Gasteiger partial charge in [0.1, 0.15) is 24.0 Å². The highest BCUT2D eigenvalue weighted by molar-refractivity contribution is 5.79. The van der Waals surface area contributed by atoms with E-state index in [0.29, 0.717) is 56.3 Å². The fourth-order valence-electron chi connectivity index (χ4n) is 4.09. The molecule has 0 aliphatic carbocycles. The molecule has 2 atom stereocenters. The van der Waals surface area contributed by atoms with Crippen LogP contribution in [0.4, 0.5) is 8.78 Å². The summed E-state index contributed by atoms with van der Waals surface area (Å²) >= 11 is 0. The molecule has 5 nitrogen and oxygen atoms in total. The Morgan fingerprint density at radius 3 is 2.83 bits per heavy atom. The van der Waals surface area contributed by atoms with Crippen molar-refractivity contribution in [3.05, 3.63) is 53.6 Å². The van der Waals surface area contributed by atoms with Crippen molar-refractivity contribution in [2.24, 2.45) is 5.92 Å². The average Bonchev–Trinajstić information content (AvgIpc) is 2.73. The minimum atomic E-state index is -0.601. The number of carbonyl (C=O) groups excluding carboxylic acids is 1. The standard InChI is InChI=1S/C23H26F2N2O3/c24-19-4-5-20(21(25)13-19)16-3-6-22-18(12-16)15-27-8-1-2-17(14-27)23(28)26-7-9-29-10-11-30-22/h3-6,12-13,17H,1-2,7-11,14-15H2,(H,26,28). The van der Waals surface area contributed by atoms with E-state index in [1.807, 2.05) is 12.1 Å². The molecule has 1 fully saturated rings. The van der Waals surface area contributed by atoms with Crippen molar-refractivity contribution in [2.45, 2.75) is 19.4 Å². The van der Waals surface area contributed by atoms with Crippen molar-refractivity contribution < 1.29 is 23.0 Å². The summed E-state index contributed by atoms with van der Waals surface area (Å²) in [6.07, 6.45) is 1.81. The molecular weight excluding hydrogens is 390 g/mol. The molecule has 0 radical (unpaired) electrons. The van der Waals surface area contributed by atoms with Gasteiger partial charge in [-0.25, -0.2) is 8.78 Å². The van der Waals surface area contributed by atoms with Gasteiger partial charge in [0.25, 0.3) is 0 Å². The lowest BCUT2D eigenvalue weighted by molar-refractivity contribution is -0.127. The molecule has 2 heterocycles. The molecule has 0 aromatic heterocycles. The van der Waals surface area contributed by atoms with Crippen molar-refractivity contribution in [1.82, 2.24) is 10.2 Å². The number of carbonyl (C=O) groups is 1. The Labute approximate surface area is 175 Å². The van der Waals surface area contributed by atoms with Crippen LogP contribution in [0.5, 0.6) is 5.75 Å². The second-order valence-corrected chi connectivity index (χ2v) is 7.77. The summed E-state index contributed by atoms with van der Waals surface area (Å²) in [5, 5.41) is 2.95. The fourth-order valence-corrected chi connectivity index (χ4v) is 4.09. The van der Waals surface area contributed by atoms with Crippen LogP contribution in [0.2, 0.25) is 0 Å². The molecule has 0 saturated carbocycles. The van der Waals surface area contributed by atoms with Gasteiger partial charge in [-0.05, 0) is 49.2 Å². The number of nitrogens with zero attached hydrogens (tertiary/aromatic N) is 1. The normalized spacial score (nSPS) is 22.9. The Morgan fingerprint density at radius 1 is 1.07 bits per heavy atom. The molecule has 1 N–H and O–H groups in total. The first-order valence-electron chi connectivity index (χ1n) is 10.4. The lowest BCUT2D eigenvalue weighted by Gasteiger charge is -2.32. The first-order valence-corrected chi connectivity index (χ1v) is 10.4. The summed E-state index contributed by atoms with van der Waals surface area (Å²) in [4.78, 5) is 14.7. The van der Waals surface area contributed by atoms with Gasteiger partial charge >= 0.3 is 0 Å². The van der Waals surface area contributed by atoms with E-state index in [9.17, 15) is 13.6 Å². The van der Waals surface area contributed by atoms with Crippen molar-refractivity contribution in [3.8, 4) is 16.9 Å². The highest BCUT2D eigenvalue weighted by Gasteiger charge is 2.26. The number of benzene rings is 2. The SMILES string of the molecule is O=C1NCCOCCOc2ccc(-c3ccc(F)cc3F)cc2CN2CCCC1C2. The molecule has 2 aliphatic rings. The molecular formula is C23H26F2N2O3. The minimum Gasteiger partial charge on any atom is -0.491 e. The summed E-state index contributed by atoms with van der Waals surface area (Å²) < 4.78 is 39.1. The van der Waals surface area contributed by atoms with Crippen molar-refractivity contribution >= 4 is 5.91 Å². The van der Waals surface area contributed by atoms with Crippen LogP contribution in [-0.4, -0.2) is 50.3 Å². The van der Waals surface area contributed by atoms with Crippen LogP contribution in [0, 0.1) is 17.6 Å². The van der Waals surface area contributed by atoms with E-state index in [4.69, 9.17) is 9.47 Å². The summed E-state index contributed by atoms with van der Waals surface area (Å²) in [5.41, 5.74) is 1.92. The first kappa shape index (κ1) is 20.8. The van der Waals surface area contributed by atoms with Crippen LogP contribution < -0.4 is 10.1 Å². The van der Waals surface area contributed by atoms with E-state index >= 15 is 0 Å². The molecule has 7 heteroatoms. The molecule has 2 unspecified atom stereocenters. The van der Waals surface area contributed by atoms with Crippen LogP contribution in [0.25, 0.3) is 11.1 Å². The topological polar surface area (TPSA) is 50.8 Å². The van der Waals surface area contributed by atoms with Crippen LogP contribution in [0.15, 0.2) is 36.4 Å². The molecule has 30 heavy (non-hydrogen) atoms. The second-order valence-electron chi connectivity index (χ2n) is 7.77. The number of hydrogen-bond donors (Lipinski definition) is 1. The van der Waals surface area contributed by atoms with Gasteiger partial charge in [-0.2, -0.15) is 0 Å². The Hall–Kier alpha value is -2.51. The molecule has 1 amide bonds. The smallest absolute Gasteiger partial charge is 0.224 e. The monoisotopic (exact) mass is 416 g/mol. The number of amides is 1. The van der Waals surface area contributed by atoms with Crippen LogP contribution >= 0.6 is 0 Å². The summed E-state index contributed by atoms with van der Waals surface area (Å²) in [6.45, 7) is 3.89. The number of fused-ring (bicyclic) bond motifs is 3. The van der Waals surface area contributed by atoms with Crippen LogP contribution in [0.1, 0.15) is 18.4 Å². The third kappa shape index (κ3) is 4.96. The number of halogens is 2. The van der Waals surface area contributed by atoms with E-state index in [-0.39, 0.29) is 11.8 Å². The summed E-state index contributed by atoms with van der Waals surface area (Å²) in [7, 11) is 0. The maximum atomic E-state index is 14.3. The van der Waals surface area contributed by atoms with Crippen molar-refractivity contribution in [2.75, 3.05) is 39.5 Å². The highest BCUT2D eigenvalue weighted by Crippen LogP contribution is 2.31. The molecule has 2 aromatic carbocycles. The zero-order chi connectivity index (χ0) is 20.9. The molecule has 4 rings (SSSR count).